The number of fused-ring (bicyclic) bond motifs is 1. The Morgan fingerprint density at radius 1 is 1.07 bits per heavy atom. The summed E-state index contributed by atoms with van der Waals surface area (Å²) in [5.74, 6) is -1.24. The van der Waals surface area contributed by atoms with E-state index in [0.717, 1.165) is 0 Å². The average molecular weight is 371 g/mol. The van der Waals surface area contributed by atoms with E-state index in [1.165, 1.54) is 37.0 Å². The molecule has 0 spiro atoms. The van der Waals surface area contributed by atoms with E-state index >= 15 is 0 Å². The van der Waals surface area contributed by atoms with Crippen LogP contribution in [-0.2, 0) is 16.1 Å². The van der Waals surface area contributed by atoms with E-state index in [4.69, 9.17) is 13.9 Å². The molecule has 27 heavy (non-hydrogen) atoms. The molecule has 0 aliphatic heterocycles. The molecule has 0 aliphatic rings. The van der Waals surface area contributed by atoms with E-state index < -0.39 is 17.7 Å². The third kappa shape index (κ3) is 3.84. The van der Waals surface area contributed by atoms with Crippen molar-refractivity contribution >= 4 is 23.0 Å². The van der Waals surface area contributed by atoms with Crippen LogP contribution in [0.5, 0.6) is 11.5 Å². The Balaban J connectivity index is 1.71. The number of carbonyl (C=O) groups excluding carboxylic acids is 2. The number of oxazole rings is 1. The first-order chi connectivity index (χ1) is 13.0. The second-order valence-electron chi connectivity index (χ2n) is 5.57. The summed E-state index contributed by atoms with van der Waals surface area (Å²) < 4.78 is 21.6. The lowest BCUT2D eigenvalue weighted by Gasteiger charge is -2.10. The predicted molar refractivity (Wildman–Crippen MR) is 95.1 cm³/mol. The lowest BCUT2D eigenvalue weighted by atomic mass is 10.2. The molecule has 8 nitrogen and oxygen atoms in total. The molecule has 3 rings (SSSR count). The van der Waals surface area contributed by atoms with Crippen molar-refractivity contribution in [3.05, 3.63) is 58.6 Å². The fraction of sp³-hybridized carbons (Fsp3) is 0.211. The third-order valence-corrected chi connectivity index (χ3v) is 3.92. The van der Waals surface area contributed by atoms with E-state index in [2.05, 4.69) is 4.74 Å². The highest BCUT2D eigenvalue weighted by molar-refractivity contribution is 5.90. The number of benzene rings is 2. The smallest absolute Gasteiger partial charge is 0.419 e. The molecule has 0 aliphatic carbocycles. The molecule has 3 aromatic rings. The zero-order valence-electron chi connectivity index (χ0n) is 14.8. The number of carbonyl (C=O) groups is 2. The van der Waals surface area contributed by atoms with E-state index in [1.54, 1.807) is 24.3 Å². The highest BCUT2D eigenvalue weighted by atomic mass is 16.6. The first-order valence-electron chi connectivity index (χ1n) is 8.09. The number of aromatic nitrogens is 1. The lowest BCUT2D eigenvalue weighted by Crippen LogP contribution is -2.18. The fourth-order valence-electron chi connectivity index (χ4n) is 2.60. The van der Waals surface area contributed by atoms with E-state index in [1.807, 2.05) is 0 Å². The van der Waals surface area contributed by atoms with Crippen LogP contribution in [0.1, 0.15) is 16.8 Å². The van der Waals surface area contributed by atoms with Gasteiger partial charge in [-0.3, -0.25) is 9.36 Å². The van der Waals surface area contributed by atoms with Gasteiger partial charge in [0.25, 0.3) is 0 Å². The SMILES string of the molecule is COC(=O)c1ccc(OC(=O)CCn2c(=O)oc3ccccc32)c(OC)c1. The van der Waals surface area contributed by atoms with Gasteiger partial charge in [0.15, 0.2) is 17.1 Å². The Labute approximate surface area is 153 Å². The molecule has 0 atom stereocenters. The number of para-hydroxylation sites is 2. The van der Waals surface area contributed by atoms with Crippen molar-refractivity contribution in [2.45, 2.75) is 13.0 Å². The highest BCUT2D eigenvalue weighted by Crippen LogP contribution is 2.28. The summed E-state index contributed by atoms with van der Waals surface area (Å²) in [7, 11) is 2.66. The maximum absolute atomic E-state index is 12.2. The van der Waals surface area contributed by atoms with E-state index in [9.17, 15) is 14.4 Å². The molecule has 0 radical (unpaired) electrons. The van der Waals surface area contributed by atoms with Crippen LogP contribution in [0.25, 0.3) is 11.1 Å². The largest absolute Gasteiger partial charge is 0.493 e. The molecule has 0 fully saturated rings. The Kier molecular flexibility index (Phi) is 5.25. The lowest BCUT2D eigenvalue weighted by molar-refractivity contribution is -0.134. The van der Waals surface area contributed by atoms with Crippen LogP contribution < -0.4 is 15.2 Å². The summed E-state index contributed by atoms with van der Waals surface area (Å²) in [6, 6.07) is 11.3. The second-order valence-corrected chi connectivity index (χ2v) is 5.57. The topological polar surface area (TPSA) is 97.0 Å². The van der Waals surface area contributed by atoms with Gasteiger partial charge in [0.1, 0.15) is 0 Å². The second kappa shape index (κ2) is 7.77. The summed E-state index contributed by atoms with van der Waals surface area (Å²) in [6.07, 6.45) is -0.0503. The molecule has 0 saturated heterocycles. The third-order valence-electron chi connectivity index (χ3n) is 3.92. The predicted octanol–water partition coefficient (Wildman–Crippen LogP) is 2.39. The Bertz CT molecular complexity index is 1050. The molecule has 0 N–H and O–H groups in total. The zero-order chi connectivity index (χ0) is 19.4. The molecule has 0 unspecified atom stereocenters. The maximum atomic E-state index is 12.2. The molecule has 0 bridgehead atoms. The van der Waals surface area contributed by atoms with Gasteiger partial charge in [-0.15, -0.1) is 0 Å². The number of hydrogen-bond acceptors (Lipinski definition) is 7. The van der Waals surface area contributed by atoms with Gasteiger partial charge in [0.2, 0.25) is 0 Å². The van der Waals surface area contributed by atoms with Crippen LogP contribution in [0.2, 0.25) is 0 Å². The number of nitrogens with zero attached hydrogens (tertiary/aromatic N) is 1. The van der Waals surface area contributed by atoms with Gasteiger partial charge >= 0.3 is 17.7 Å². The molecule has 0 amide bonds. The number of esters is 2. The van der Waals surface area contributed by atoms with Gasteiger partial charge in [-0.05, 0) is 30.3 Å². The molecule has 8 heteroatoms. The van der Waals surface area contributed by atoms with Gasteiger partial charge in [0, 0.05) is 6.54 Å². The first-order valence-corrected chi connectivity index (χ1v) is 8.09. The molecule has 1 aromatic heterocycles. The Hall–Kier alpha value is -3.55. The van der Waals surface area contributed by atoms with Crippen molar-refractivity contribution in [2.24, 2.45) is 0 Å². The number of ether oxygens (including phenoxy) is 3. The van der Waals surface area contributed by atoms with Gasteiger partial charge < -0.3 is 18.6 Å². The number of methoxy groups -OCH3 is 2. The van der Waals surface area contributed by atoms with Crippen LogP contribution in [0, 0.1) is 0 Å². The fourth-order valence-corrected chi connectivity index (χ4v) is 2.60. The zero-order valence-corrected chi connectivity index (χ0v) is 14.8. The standard InChI is InChI=1S/C19H17NO7/c1-24-16-11-12(18(22)25-2)7-8-15(16)26-17(21)9-10-20-13-5-3-4-6-14(13)27-19(20)23/h3-8,11H,9-10H2,1-2H3. The highest BCUT2D eigenvalue weighted by Gasteiger charge is 2.15. The minimum Gasteiger partial charge on any atom is -0.493 e. The number of rotatable bonds is 6. The summed E-state index contributed by atoms with van der Waals surface area (Å²) in [5.41, 5.74) is 1.33. The molecule has 0 saturated carbocycles. The summed E-state index contributed by atoms with van der Waals surface area (Å²) in [4.78, 5) is 35.7. The van der Waals surface area contributed by atoms with Crippen molar-refractivity contribution in [3.8, 4) is 11.5 Å². The minimum absolute atomic E-state index is 0.0503. The van der Waals surface area contributed by atoms with Crippen LogP contribution in [0.15, 0.2) is 51.7 Å². The van der Waals surface area contributed by atoms with Crippen molar-refractivity contribution in [1.29, 1.82) is 0 Å². The summed E-state index contributed by atoms with van der Waals surface area (Å²) in [5, 5.41) is 0. The maximum Gasteiger partial charge on any atom is 0.419 e. The monoisotopic (exact) mass is 371 g/mol. The van der Waals surface area contributed by atoms with Crippen LogP contribution in [0.4, 0.5) is 0 Å². The quantitative estimate of drug-likeness (QED) is 0.485. The number of aryl methyl sites for hydroxylation is 1. The molecule has 1 heterocycles. The number of hydrogen-bond donors (Lipinski definition) is 0. The molecular weight excluding hydrogens is 354 g/mol. The van der Waals surface area contributed by atoms with Gasteiger partial charge in [-0.2, -0.15) is 0 Å². The minimum atomic E-state index is -0.559. The first kappa shape index (κ1) is 18.2. The van der Waals surface area contributed by atoms with E-state index in [0.29, 0.717) is 11.1 Å². The molecule has 2 aromatic carbocycles. The van der Waals surface area contributed by atoms with Crippen molar-refractivity contribution in [3.63, 3.8) is 0 Å². The van der Waals surface area contributed by atoms with Gasteiger partial charge in [-0.1, -0.05) is 12.1 Å². The normalized spacial score (nSPS) is 10.6. The van der Waals surface area contributed by atoms with Crippen LogP contribution >= 0.6 is 0 Å². The van der Waals surface area contributed by atoms with Crippen molar-refractivity contribution in [2.75, 3.05) is 14.2 Å². The van der Waals surface area contributed by atoms with Crippen LogP contribution in [0.3, 0.4) is 0 Å². The van der Waals surface area contributed by atoms with Crippen molar-refractivity contribution in [1.82, 2.24) is 4.57 Å². The van der Waals surface area contributed by atoms with Crippen LogP contribution in [-0.4, -0.2) is 30.7 Å². The van der Waals surface area contributed by atoms with Crippen molar-refractivity contribution < 1.29 is 28.2 Å². The Morgan fingerprint density at radius 2 is 1.85 bits per heavy atom. The summed E-state index contributed by atoms with van der Waals surface area (Å²) in [6.45, 7) is 0.108. The molecular formula is C19H17NO7. The average Bonchev–Trinajstić information content (AvgIpc) is 3.01. The Morgan fingerprint density at radius 3 is 2.59 bits per heavy atom. The molecule has 140 valence electrons. The van der Waals surface area contributed by atoms with Gasteiger partial charge in [0.05, 0.1) is 31.7 Å². The van der Waals surface area contributed by atoms with E-state index in [-0.39, 0.29) is 30.0 Å². The summed E-state index contributed by atoms with van der Waals surface area (Å²) >= 11 is 0. The van der Waals surface area contributed by atoms with Gasteiger partial charge in [-0.25, -0.2) is 9.59 Å².